The standard InChI is InChI=1S/C56H107N2O6P/c1-6-8-10-12-14-16-18-20-21-22-23-24-25-26-27-28-29-30-31-32-33-34-35-36-38-39-41-43-45-47-49-55(59)54(53-64-65(61,62)63-52-51-58(3,4)5)57-56(60)50-48-46-44-42-40-37-19-17-15-13-11-9-7-2/h11,13,17,19,39,41,47,49,54-55,59H,6-10,12,14-16,18,20-38,40,42-46,48,50-53H2,1-5H3,(H-,57,60,61,62)/p+1/b13-11-,19-17-,41-39+,49-47+. The summed E-state index contributed by atoms with van der Waals surface area (Å²) < 4.78 is 23.6. The van der Waals surface area contributed by atoms with Crippen molar-refractivity contribution >= 4 is 13.7 Å². The first kappa shape index (κ1) is 63.5. The van der Waals surface area contributed by atoms with Gasteiger partial charge >= 0.3 is 7.82 Å². The quantitative estimate of drug-likeness (QED) is 0.0243. The second-order valence-electron chi connectivity index (χ2n) is 19.9. The number of nitrogens with one attached hydrogen (secondary N) is 1. The van der Waals surface area contributed by atoms with Crippen molar-refractivity contribution in [3.05, 3.63) is 48.6 Å². The Hall–Kier alpha value is -1.54. The Morgan fingerprint density at radius 2 is 0.923 bits per heavy atom. The van der Waals surface area contributed by atoms with Gasteiger partial charge in [0.25, 0.3) is 0 Å². The van der Waals surface area contributed by atoms with Crippen molar-refractivity contribution in [1.29, 1.82) is 0 Å². The van der Waals surface area contributed by atoms with Crippen LogP contribution < -0.4 is 5.32 Å². The van der Waals surface area contributed by atoms with Gasteiger partial charge in [-0.05, 0) is 57.8 Å². The van der Waals surface area contributed by atoms with E-state index in [0.29, 0.717) is 17.4 Å². The Kier molecular flexibility index (Phi) is 46.4. The normalized spacial score (nSPS) is 14.4. The van der Waals surface area contributed by atoms with Gasteiger partial charge in [-0.25, -0.2) is 4.57 Å². The third-order valence-electron chi connectivity index (χ3n) is 12.3. The summed E-state index contributed by atoms with van der Waals surface area (Å²) in [5, 5.41) is 13.9. The minimum atomic E-state index is -4.35. The van der Waals surface area contributed by atoms with Crippen molar-refractivity contribution in [3.8, 4) is 0 Å². The monoisotopic (exact) mass is 936 g/mol. The van der Waals surface area contributed by atoms with Crippen LogP contribution >= 0.6 is 7.82 Å². The molecule has 0 saturated carbocycles. The maximum absolute atomic E-state index is 12.9. The highest BCUT2D eigenvalue weighted by Crippen LogP contribution is 2.43. The Labute approximate surface area is 403 Å². The Morgan fingerprint density at radius 3 is 1.38 bits per heavy atom. The van der Waals surface area contributed by atoms with Crippen LogP contribution in [0.3, 0.4) is 0 Å². The molecule has 1 amide bonds. The molecule has 0 heterocycles. The van der Waals surface area contributed by atoms with Crippen LogP contribution in [0.25, 0.3) is 0 Å². The fraction of sp³-hybridized carbons (Fsp3) is 0.839. The van der Waals surface area contributed by atoms with E-state index in [1.807, 2.05) is 27.2 Å². The zero-order chi connectivity index (χ0) is 47.8. The fourth-order valence-electron chi connectivity index (χ4n) is 7.92. The maximum atomic E-state index is 12.9. The summed E-state index contributed by atoms with van der Waals surface area (Å²) in [6.07, 6.45) is 62.3. The maximum Gasteiger partial charge on any atom is 0.472 e. The number of amides is 1. The lowest BCUT2D eigenvalue weighted by Gasteiger charge is -2.25. The summed E-state index contributed by atoms with van der Waals surface area (Å²) in [6, 6.07) is -0.871. The summed E-state index contributed by atoms with van der Waals surface area (Å²) in [6.45, 7) is 4.73. The minimum absolute atomic E-state index is 0.0522. The lowest BCUT2D eigenvalue weighted by Crippen LogP contribution is -2.45. The van der Waals surface area contributed by atoms with E-state index in [9.17, 15) is 19.4 Å². The second kappa shape index (κ2) is 47.5. The van der Waals surface area contributed by atoms with Crippen molar-refractivity contribution in [2.45, 2.75) is 264 Å². The van der Waals surface area contributed by atoms with Crippen molar-refractivity contribution in [3.63, 3.8) is 0 Å². The van der Waals surface area contributed by atoms with Gasteiger partial charge < -0.3 is 19.8 Å². The number of allylic oxidation sites excluding steroid dienone is 7. The van der Waals surface area contributed by atoms with E-state index in [2.05, 4.69) is 55.6 Å². The number of rotatable bonds is 50. The number of phosphoric ester groups is 1. The molecule has 0 aliphatic rings. The van der Waals surface area contributed by atoms with Crippen LogP contribution in [0.2, 0.25) is 0 Å². The van der Waals surface area contributed by atoms with E-state index in [0.717, 1.165) is 70.6 Å². The highest BCUT2D eigenvalue weighted by atomic mass is 31.2. The minimum Gasteiger partial charge on any atom is -0.387 e. The van der Waals surface area contributed by atoms with Gasteiger partial charge in [-0.15, -0.1) is 0 Å². The zero-order valence-electron chi connectivity index (χ0n) is 43.5. The summed E-state index contributed by atoms with van der Waals surface area (Å²) in [5.74, 6) is -0.201. The largest absolute Gasteiger partial charge is 0.472 e. The number of carbonyl (C=O) groups excluding carboxylic acids is 1. The van der Waals surface area contributed by atoms with Crippen LogP contribution in [0.4, 0.5) is 0 Å². The Morgan fingerprint density at radius 1 is 0.523 bits per heavy atom. The van der Waals surface area contributed by atoms with Crippen LogP contribution in [0.5, 0.6) is 0 Å². The molecule has 0 aromatic rings. The molecule has 0 aromatic heterocycles. The lowest BCUT2D eigenvalue weighted by atomic mass is 10.0. The highest BCUT2D eigenvalue weighted by Gasteiger charge is 2.27. The number of quaternary nitrogens is 1. The number of carbonyl (C=O) groups is 1. The molecule has 9 heteroatoms. The number of likely N-dealkylation sites (N-methyl/N-ethyl adjacent to an activating group) is 1. The van der Waals surface area contributed by atoms with Gasteiger partial charge in [0.1, 0.15) is 13.2 Å². The average Bonchev–Trinajstić information content (AvgIpc) is 3.26. The fourth-order valence-corrected chi connectivity index (χ4v) is 8.66. The number of unbranched alkanes of at least 4 members (excludes halogenated alkanes) is 31. The molecule has 0 aliphatic heterocycles. The molecular weight excluding hydrogens is 828 g/mol. The van der Waals surface area contributed by atoms with Gasteiger partial charge in [0.15, 0.2) is 0 Å². The van der Waals surface area contributed by atoms with Gasteiger partial charge in [0, 0.05) is 6.42 Å². The predicted molar refractivity (Wildman–Crippen MR) is 281 cm³/mol. The highest BCUT2D eigenvalue weighted by molar-refractivity contribution is 7.47. The number of nitrogens with zero attached hydrogens (tertiary/aromatic N) is 1. The molecule has 65 heavy (non-hydrogen) atoms. The third kappa shape index (κ3) is 50.2. The summed E-state index contributed by atoms with van der Waals surface area (Å²) in [7, 11) is 1.54. The topological polar surface area (TPSA) is 105 Å². The molecule has 0 bridgehead atoms. The number of phosphoric acid groups is 1. The molecular formula is C56H108N2O6P+. The molecule has 3 unspecified atom stereocenters. The number of aliphatic hydroxyl groups is 1. The molecule has 0 aliphatic carbocycles. The van der Waals surface area contributed by atoms with E-state index < -0.39 is 20.0 Å². The summed E-state index contributed by atoms with van der Waals surface area (Å²) >= 11 is 0. The number of hydrogen-bond acceptors (Lipinski definition) is 5. The molecule has 0 aromatic carbocycles. The van der Waals surface area contributed by atoms with E-state index >= 15 is 0 Å². The molecule has 0 saturated heterocycles. The molecule has 382 valence electrons. The first-order valence-corrected chi connectivity index (χ1v) is 29.0. The number of aliphatic hydroxyl groups excluding tert-OH is 1. The second-order valence-corrected chi connectivity index (χ2v) is 21.4. The zero-order valence-corrected chi connectivity index (χ0v) is 44.4. The van der Waals surface area contributed by atoms with Crippen molar-refractivity contribution in [2.75, 3.05) is 40.9 Å². The SMILES string of the molecule is CCC/C=C\C/C=C\CCCCCCCC(=O)NC(COP(=O)(O)OCC[N+](C)(C)C)C(O)/C=C/CC/C=C/CCCCCCCCCCCCCCCCCCCCCCCCCC. The van der Waals surface area contributed by atoms with E-state index in [4.69, 9.17) is 9.05 Å². The van der Waals surface area contributed by atoms with E-state index in [1.54, 1.807) is 6.08 Å². The van der Waals surface area contributed by atoms with Gasteiger partial charge in [0.05, 0.1) is 39.9 Å². The lowest BCUT2D eigenvalue weighted by molar-refractivity contribution is -0.870. The van der Waals surface area contributed by atoms with Gasteiger partial charge in [0.2, 0.25) is 5.91 Å². The summed E-state index contributed by atoms with van der Waals surface area (Å²) in [5.41, 5.74) is 0. The molecule has 3 N–H and O–H groups in total. The van der Waals surface area contributed by atoms with Crippen molar-refractivity contribution < 1.29 is 32.9 Å². The smallest absolute Gasteiger partial charge is 0.387 e. The molecule has 0 rings (SSSR count). The molecule has 8 nitrogen and oxygen atoms in total. The Bertz CT molecular complexity index is 1200. The molecule has 0 fully saturated rings. The predicted octanol–water partition coefficient (Wildman–Crippen LogP) is 16.4. The van der Waals surface area contributed by atoms with Crippen LogP contribution in [0, 0.1) is 0 Å². The van der Waals surface area contributed by atoms with Gasteiger partial charge in [-0.2, -0.15) is 0 Å². The summed E-state index contributed by atoms with van der Waals surface area (Å²) in [4.78, 5) is 23.2. The van der Waals surface area contributed by atoms with Crippen LogP contribution in [0.15, 0.2) is 48.6 Å². The van der Waals surface area contributed by atoms with E-state index in [-0.39, 0.29) is 19.1 Å². The molecule has 3 atom stereocenters. The first-order valence-electron chi connectivity index (χ1n) is 27.5. The van der Waals surface area contributed by atoms with Gasteiger partial charge in [-0.3, -0.25) is 13.8 Å². The molecule has 0 spiro atoms. The van der Waals surface area contributed by atoms with Crippen LogP contribution in [-0.4, -0.2) is 73.4 Å². The number of hydrogen-bond donors (Lipinski definition) is 3. The Balaban J connectivity index is 4.16. The average molecular weight is 936 g/mol. The third-order valence-corrected chi connectivity index (χ3v) is 13.2. The van der Waals surface area contributed by atoms with Crippen molar-refractivity contribution in [1.82, 2.24) is 5.32 Å². The van der Waals surface area contributed by atoms with Crippen molar-refractivity contribution in [2.24, 2.45) is 0 Å². The van der Waals surface area contributed by atoms with E-state index in [1.165, 1.54) is 161 Å². The van der Waals surface area contributed by atoms with Gasteiger partial charge in [-0.1, -0.05) is 236 Å². The van der Waals surface area contributed by atoms with Crippen LogP contribution in [0.1, 0.15) is 251 Å². The first-order chi connectivity index (χ1) is 31.5. The van der Waals surface area contributed by atoms with Crippen LogP contribution in [-0.2, 0) is 18.4 Å². The molecule has 0 radical (unpaired) electrons.